The highest BCUT2D eigenvalue weighted by Crippen LogP contribution is 2.26. The smallest absolute Gasteiger partial charge is 0.410 e. The number of nitrogens with zero attached hydrogens (tertiary/aromatic N) is 3. The number of carbonyl (C=O) groups excluding carboxylic acids is 1. The number of carbonyl (C=O) groups is 1. The molecule has 1 fully saturated rings. The van der Waals surface area contributed by atoms with Crippen molar-refractivity contribution >= 4 is 17.3 Å². The molecular weight excluding hydrogens is 310 g/mol. The lowest BCUT2D eigenvalue weighted by Gasteiger charge is -2.26. The van der Waals surface area contributed by atoms with E-state index in [0.29, 0.717) is 29.4 Å². The summed E-state index contributed by atoms with van der Waals surface area (Å²) in [5.41, 5.74) is 0.657. The minimum Gasteiger partial charge on any atom is -0.487 e. The molecule has 7 heteroatoms. The van der Waals surface area contributed by atoms with Crippen molar-refractivity contribution in [3.63, 3.8) is 0 Å². The van der Waals surface area contributed by atoms with Crippen LogP contribution in [0.15, 0.2) is 16.7 Å². The van der Waals surface area contributed by atoms with Crippen LogP contribution < -0.4 is 4.74 Å². The largest absolute Gasteiger partial charge is 0.487 e. The highest BCUT2D eigenvalue weighted by atomic mass is 16.6. The molecule has 0 radical (unpaired) electrons. The minimum absolute atomic E-state index is 0.0639. The molecule has 3 rings (SSSR count). The zero-order valence-electron chi connectivity index (χ0n) is 14.7. The van der Waals surface area contributed by atoms with Gasteiger partial charge in [-0.3, -0.25) is 0 Å². The number of pyridine rings is 1. The normalized spacial score (nSPS) is 21.3. The lowest BCUT2D eigenvalue weighted by atomic mass is 10.2. The van der Waals surface area contributed by atoms with E-state index in [4.69, 9.17) is 13.9 Å². The summed E-state index contributed by atoms with van der Waals surface area (Å²) in [5, 5.41) is 0. The maximum atomic E-state index is 12.3. The summed E-state index contributed by atoms with van der Waals surface area (Å²) in [7, 11) is 0. The van der Waals surface area contributed by atoms with Gasteiger partial charge in [-0.25, -0.2) is 9.78 Å². The van der Waals surface area contributed by atoms with E-state index in [-0.39, 0.29) is 18.2 Å². The SMILES string of the molecule is Cc1nc2ncc(OC3CC(C)N(C(=O)OC(C)(C)C)C3)cc2o1. The molecule has 0 saturated carbocycles. The van der Waals surface area contributed by atoms with Crippen LogP contribution in [0.25, 0.3) is 11.2 Å². The van der Waals surface area contributed by atoms with Crippen LogP contribution in [0.1, 0.15) is 40.0 Å². The molecule has 0 spiro atoms. The van der Waals surface area contributed by atoms with E-state index in [2.05, 4.69) is 9.97 Å². The summed E-state index contributed by atoms with van der Waals surface area (Å²) < 4.78 is 16.9. The van der Waals surface area contributed by atoms with Crippen molar-refractivity contribution in [1.82, 2.24) is 14.9 Å². The fraction of sp³-hybridized carbons (Fsp3) is 0.588. The Labute approximate surface area is 141 Å². The van der Waals surface area contributed by atoms with Crippen LogP contribution in [-0.4, -0.2) is 45.3 Å². The van der Waals surface area contributed by atoms with E-state index in [1.165, 1.54) is 0 Å². The first-order valence-electron chi connectivity index (χ1n) is 8.11. The predicted octanol–water partition coefficient (Wildman–Crippen LogP) is 3.31. The number of rotatable bonds is 2. The molecule has 1 aliphatic rings. The first kappa shape index (κ1) is 16.5. The Hall–Kier alpha value is -2.31. The van der Waals surface area contributed by atoms with Gasteiger partial charge in [-0.15, -0.1) is 0 Å². The number of ether oxygens (including phenoxy) is 2. The third kappa shape index (κ3) is 3.60. The molecule has 1 amide bonds. The summed E-state index contributed by atoms with van der Waals surface area (Å²) in [5.74, 6) is 1.18. The molecule has 2 aromatic rings. The van der Waals surface area contributed by atoms with Gasteiger partial charge in [-0.2, -0.15) is 4.98 Å². The van der Waals surface area contributed by atoms with Gasteiger partial charge in [0.05, 0.1) is 12.7 Å². The second kappa shape index (κ2) is 5.96. The Morgan fingerprint density at radius 3 is 2.88 bits per heavy atom. The monoisotopic (exact) mass is 333 g/mol. The second-order valence-corrected chi connectivity index (χ2v) is 7.18. The Morgan fingerprint density at radius 2 is 2.17 bits per heavy atom. The second-order valence-electron chi connectivity index (χ2n) is 7.18. The topological polar surface area (TPSA) is 77.7 Å². The zero-order valence-corrected chi connectivity index (χ0v) is 14.7. The molecule has 3 heterocycles. The summed E-state index contributed by atoms with van der Waals surface area (Å²) in [6.07, 6.45) is 1.97. The number of oxazole rings is 1. The molecule has 7 nitrogen and oxygen atoms in total. The van der Waals surface area contributed by atoms with Crippen molar-refractivity contribution in [3.05, 3.63) is 18.2 Å². The summed E-state index contributed by atoms with van der Waals surface area (Å²) >= 11 is 0. The van der Waals surface area contributed by atoms with Gasteiger partial charge in [-0.05, 0) is 27.7 Å². The number of aromatic nitrogens is 2. The molecule has 0 aromatic carbocycles. The van der Waals surface area contributed by atoms with Gasteiger partial charge < -0.3 is 18.8 Å². The van der Waals surface area contributed by atoms with Gasteiger partial charge in [-0.1, -0.05) is 0 Å². The number of likely N-dealkylation sites (tertiary alicyclic amines) is 1. The third-order valence-corrected chi connectivity index (χ3v) is 3.80. The van der Waals surface area contributed by atoms with Crippen LogP contribution >= 0.6 is 0 Å². The van der Waals surface area contributed by atoms with E-state index in [9.17, 15) is 4.79 Å². The van der Waals surface area contributed by atoms with Crippen LogP contribution in [0.4, 0.5) is 4.79 Å². The van der Waals surface area contributed by atoms with Crippen LogP contribution in [0.2, 0.25) is 0 Å². The van der Waals surface area contributed by atoms with Crippen molar-refractivity contribution in [2.75, 3.05) is 6.54 Å². The molecule has 2 unspecified atom stereocenters. The predicted molar refractivity (Wildman–Crippen MR) is 88.0 cm³/mol. The zero-order chi connectivity index (χ0) is 17.5. The minimum atomic E-state index is -0.505. The first-order chi connectivity index (χ1) is 11.2. The van der Waals surface area contributed by atoms with Gasteiger partial charge in [0.25, 0.3) is 0 Å². The average molecular weight is 333 g/mol. The van der Waals surface area contributed by atoms with Crippen molar-refractivity contribution in [1.29, 1.82) is 0 Å². The van der Waals surface area contributed by atoms with Gasteiger partial charge in [0.15, 0.2) is 17.1 Å². The van der Waals surface area contributed by atoms with E-state index in [1.807, 2.05) is 27.7 Å². The Kier molecular flexibility index (Phi) is 4.11. The number of fused-ring (bicyclic) bond motifs is 1. The van der Waals surface area contributed by atoms with E-state index < -0.39 is 5.60 Å². The quantitative estimate of drug-likeness (QED) is 0.839. The number of aryl methyl sites for hydroxylation is 1. The third-order valence-electron chi connectivity index (χ3n) is 3.80. The van der Waals surface area contributed by atoms with Crippen molar-refractivity contribution < 1.29 is 18.7 Å². The molecule has 1 saturated heterocycles. The first-order valence-corrected chi connectivity index (χ1v) is 8.11. The molecule has 2 aromatic heterocycles. The fourth-order valence-corrected chi connectivity index (χ4v) is 2.81. The molecule has 0 N–H and O–H groups in total. The lowest BCUT2D eigenvalue weighted by Crippen LogP contribution is -2.39. The van der Waals surface area contributed by atoms with Gasteiger partial charge in [0, 0.05) is 25.5 Å². The summed E-state index contributed by atoms with van der Waals surface area (Å²) in [4.78, 5) is 22.4. The lowest BCUT2D eigenvalue weighted by molar-refractivity contribution is 0.0224. The van der Waals surface area contributed by atoms with Crippen LogP contribution in [0.3, 0.4) is 0 Å². The standard InChI is InChI=1S/C17H23N3O4/c1-10-6-13(9-20(10)16(21)24-17(3,4)5)23-12-7-14-15(18-8-12)19-11(2)22-14/h7-8,10,13H,6,9H2,1-5H3. The molecular formula is C17H23N3O4. The highest BCUT2D eigenvalue weighted by Gasteiger charge is 2.36. The Morgan fingerprint density at radius 1 is 1.42 bits per heavy atom. The molecule has 2 atom stereocenters. The maximum Gasteiger partial charge on any atom is 0.410 e. The van der Waals surface area contributed by atoms with E-state index in [0.717, 1.165) is 6.42 Å². The molecule has 0 aliphatic carbocycles. The number of hydrogen-bond donors (Lipinski definition) is 0. The summed E-state index contributed by atoms with van der Waals surface area (Å²) in [6, 6.07) is 1.84. The van der Waals surface area contributed by atoms with Gasteiger partial charge in [0.1, 0.15) is 17.5 Å². The Balaban J connectivity index is 1.66. The molecule has 24 heavy (non-hydrogen) atoms. The average Bonchev–Trinajstić information content (AvgIpc) is 2.98. The molecule has 130 valence electrons. The van der Waals surface area contributed by atoms with Gasteiger partial charge >= 0.3 is 6.09 Å². The van der Waals surface area contributed by atoms with Crippen molar-refractivity contribution in [2.24, 2.45) is 0 Å². The van der Waals surface area contributed by atoms with Crippen molar-refractivity contribution in [3.8, 4) is 5.75 Å². The van der Waals surface area contributed by atoms with Gasteiger partial charge in [0.2, 0.25) is 0 Å². The Bertz CT molecular complexity index is 750. The van der Waals surface area contributed by atoms with E-state index >= 15 is 0 Å². The summed E-state index contributed by atoms with van der Waals surface area (Å²) in [6.45, 7) is 9.84. The number of amides is 1. The van der Waals surface area contributed by atoms with Crippen LogP contribution in [0.5, 0.6) is 5.75 Å². The van der Waals surface area contributed by atoms with Crippen molar-refractivity contribution in [2.45, 2.75) is 58.8 Å². The molecule has 0 bridgehead atoms. The molecule has 1 aliphatic heterocycles. The number of hydrogen-bond acceptors (Lipinski definition) is 6. The van der Waals surface area contributed by atoms with Crippen LogP contribution in [0, 0.1) is 6.92 Å². The van der Waals surface area contributed by atoms with Crippen LogP contribution in [-0.2, 0) is 4.74 Å². The highest BCUT2D eigenvalue weighted by molar-refractivity contribution is 5.70. The maximum absolute atomic E-state index is 12.3. The fourth-order valence-electron chi connectivity index (χ4n) is 2.81. The van der Waals surface area contributed by atoms with E-state index in [1.54, 1.807) is 24.1 Å².